The van der Waals surface area contributed by atoms with Crippen molar-refractivity contribution < 1.29 is 4.79 Å². The first-order valence-electron chi connectivity index (χ1n) is 7.29. The number of hydrogen-bond acceptors (Lipinski definition) is 3. The van der Waals surface area contributed by atoms with Gasteiger partial charge in [-0.3, -0.25) is 4.79 Å². The minimum absolute atomic E-state index is 0.142. The Morgan fingerprint density at radius 2 is 1.96 bits per heavy atom. The SMILES string of the molecule is Cc1ccc(Cl)cc1NC(=O)C(C)Nc1ccc(CC#N)cc1. The van der Waals surface area contributed by atoms with E-state index in [1.54, 1.807) is 19.1 Å². The fraction of sp³-hybridized carbons (Fsp3) is 0.222. The lowest BCUT2D eigenvalue weighted by Gasteiger charge is -2.16. The van der Waals surface area contributed by atoms with E-state index >= 15 is 0 Å². The number of anilines is 2. The van der Waals surface area contributed by atoms with Crippen LogP contribution in [-0.2, 0) is 11.2 Å². The molecule has 2 rings (SSSR count). The molecular formula is C18H18ClN3O. The highest BCUT2D eigenvalue weighted by Gasteiger charge is 2.14. The van der Waals surface area contributed by atoms with Gasteiger partial charge in [-0.2, -0.15) is 5.26 Å². The quantitative estimate of drug-likeness (QED) is 0.866. The molecule has 0 saturated carbocycles. The molecule has 1 amide bonds. The number of amides is 1. The number of aryl methyl sites for hydroxylation is 1. The second-order valence-corrected chi connectivity index (χ2v) is 5.78. The lowest BCUT2D eigenvalue weighted by molar-refractivity contribution is -0.116. The van der Waals surface area contributed by atoms with E-state index in [0.717, 1.165) is 16.8 Å². The molecule has 0 spiro atoms. The number of halogens is 1. The maximum atomic E-state index is 12.3. The second-order valence-electron chi connectivity index (χ2n) is 5.35. The first-order valence-corrected chi connectivity index (χ1v) is 7.67. The maximum Gasteiger partial charge on any atom is 0.246 e. The van der Waals surface area contributed by atoms with E-state index in [-0.39, 0.29) is 5.91 Å². The molecule has 0 saturated heterocycles. The zero-order valence-corrected chi connectivity index (χ0v) is 13.8. The Balaban J connectivity index is 1.99. The number of rotatable bonds is 5. The van der Waals surface area contributed by atoms with Crippen LogP contribution in [0, 0.1) is 18.3 Å². The largest absolute Gasteiger partial charge is 0.374 e. The Morgan fingerprint density at radius 3 is 2.61 bits per heavy atom. The molecule has 23 heavy (non-hydrogen) atoms. The number of nitrogens with one attached hydrogen (secondary N) is 2. The van der Waals surface area contributed by atoms with Crippen molar-refractivity contribution >= 4 is 28.9 Å². The van der Waals surface area contributed by atoms with Crippen LogP contribution in [0.4, 0.5) is 11.4 Å². The van der Waals surface area contributed by atoms with Gasteiger partial charge in [-0.1, -0.05) is 29.8 Å². The third-order valence-corrected chi connectivity index (χ3v) is 3.71. The minimum Gasteiger partial charge on any atom is -0.374 e. The summed E-state index contributed by atoms with van der Waals surface area (Å²) in [5.74, 6) is -0.142. The molecule has 0 aliphatic carbocycles. The summed E-state index contributed by atoms with van der Waals surface area (Å²) in [5.41, 5.74) is 3.44. The smallest absolute Gasteiger partial charge is 0.246 e. The number of nitriles is 1. The lowest BCUT2D eigenvalue weighted by atomic mass is 10.1. The van der Waals surface area contributed by atoms with Crippen LogP contribution in [0.5, 0.6) is 0 Å². The normalized spacial score (nSPS) is 11.4. The van der Waals surface area contributed by atoms with Gasteiger partial charge in [0.1, 0.15) is 6.04 Å². The number of benzene rings is 2. The summed E-state index contributed by atoms with van der Waals surface area (Å²) in [6.45, 7) is 3.70. The molecule has 5 heteroatoms. The summed E-state index contributed by atoms with van der Waals surface area (Å²) in [4.78, 5) is 12.3. The van der Waals surface area contributed by atoms with Gasteiger partial charge in [0.05, 0.1) is 12.5 Å². The summed E-state index contributed by atoms with van der Waals surface area (Å²) in [7, 11) is 0. The molecule has 4 nitrogen and oxygen atoms in total. The topological polar surface area (TPSA) is 64.9 Å². The predicted molar refractivity (Wildman–Crippen MR) is 93.7 cm³/mol. The fourth-order valence-electron chi connectivity index (χ4n) is 2.10. The molecule has 0 heterocycles. The highest BCUT2D eigenvalue weighted by Crippen LogP contribution is 2.20. The summed E-state index contributed by atoms with van der Waals surface area (Å²) in [6.07, 6.45) is 0.379. The van der Waals surface area contributed by atoms with Crippen molar-refractivity contribution in [3.8, 4) is 6.07 Å². The van der Waals surface area contributed by atoms with Crippen molar-refractivity contribution in [2.75, 3.05) is 10.6 Å². The van der Waals surface area contributed by atoms with Gasteiger partial charge in [0.2, 0.25) is 5.91 Å². The monoisotopic (exact) mass is 327 g/mol. The zero-order chi connectivity index (χ0) is 16.8. The maximum absolute atomic E-state index is 12.3. The molecule has 0 aromatic heterocycles. The molecule has 2 aromatic carbocycles. The van der Waals surface area contributed by atoms with Gasteiger partial charge in [-0.15, -0.1) is 0 Å². The van der Waals surface area contributed by atoms with Crippen LogP contribution in [0.15, 0.2) is 42.5 Å². The molecule has 2 N–H and O–H groups in total. The Hall–Kier alpha value is -2.51. The van der Waals surface area contributed by atoms with Crippen molar-refractivity contribution in [1.29, 1.82) is 5.26 Å². The number of carbonyl (C=O) groups is 1. The number of nitrogens with zero attached hydrogens (tertiary/aromatic N) is 1. The van der Waals surface area contributed by atoms with Crippen LogP contribution in [0.1, 0.15) is 18.1 Å². The Bertz CT molecular complexity index is 735. The third kappa shape index (κ3) is 4.73. The van der Waals surface area contributed by atoms with E-state index in [9.17, 15) is 4.79 Å². The molecule has 1 atom stereocenters. The fourth-order valence-corrected chi connectivity index (χ4v) is 2.27. The van der Waals surface area contributed by atoms with Gasteiger partial charge >= 0.3 is 0 Å². The zero-order valence-electron chi connectivity index (χ0n) is 13.1. The first-order chi connectivity index (χ1) is 11.0. The first kappa shape index (κ1) is 16.9. The molecule has 2 aromatic rings. The van der Waals surface area contributed by atoms with Gasteiger partial charge in [0, 0.05) is 16.4 Å². The molecule has 0 aliphatic heterocycles. The minimum atomic E-state index is -0.407. The number of carbonyl (C=O) groups excluding carboxylic acids is 1. The van der Waals surface area contributed by atoms with Gasteiger partial charge < -0.3 is 10.6 Å². The third-order valence-electron chi connectivity index (χ3n) is 3.47. The van der Waals surface area contributed by atoms with E-state index in [0.29, 0.717) is 17.1 Å². The van der Waals surface area contributed by atoms with Crippen molar-refractivity contribution in [3.63, 3.8) is 0 Å². The predicted octanol–water partition coefficient (Wildman–Crippen LogP) is 4.15. The van der Waals surface area contributed by atoms with Crippen LogP contribution in [-0.4, -0.2) is 11.9 Å². The van der Waals surface area contributed by atoms with E-state index < -0.39 is 6.04 Å². The van der Waals surface area contributed by atoms with Gasteiger partial charge in [-0.25, -0.2) is 0 Å². The van der Waals surface area contributed by atoms with Crippen LogP contribution in [0.2, 0.25) is 5.02 Å². The second kappa shape index (κ2) is 7.66. The van der Waals surface area contributed by atoms with E-state index in [2.05, 4.69) is 16.7 Å². The summed E-state index contributed by atoms with van der Waals surface area (Å²) >= 11 is 5.96. The highest BCUT2D eigenvalue weighted by atomic mass is 35.5. The van der Waals surface area contributed by atoms with Crippen molar-refractivity contribution in [2.24, 2.45) is 0 Å². The van der Waals surface area contributed by atoms with Gasteiger partial charge in [0.15, 0.2) is 0 Å². The summed E-state index contributed by atoms with van der Waals surface area (Å²) < 4.78 is 0. The van der Waals surface area contributed by atoms with Crippen molar-refractivity contribution in [1.82, 2.24) is 0 Å². The van der Waals surface area contributed by atoms with E-state index in [1.165, 1.54) is 0 Å². The van der Waals surface area contributed by atoms with E-state index in [1.807, 2.05) is 37.3 Å². The number of hydrogen-bond donors (Lipinski definition) is 2. The Morgan fingerprint density at radius 1 is 1.26 bits per heavy atom. The Kier molecular flexibility index (Phi) is 5.61. The molecule has 0 aliphatic rings. The highest BCUT2D eigenvalue weighted by molar-refractivity contribution is 6.31. The standard InChI is InChI=1S/C18H18ClN3O/c1-12-3-6-15(19)11-17(12)22-18(23)13(2)21-16-7-4-14(5-8-16)9-10-20/h3-8,11,13,21H,9H2,1-2H3,(H,22,23). The molecule has 0 radical (unpaired) electrons. The van der Waals surface area contributed by atoms with Crippen LogP contribution < -0.4 is 10.6 Å². The molecule has 118 valence electrons. The van der Waals surface area contributed by atoms with Crippen LogP contribution in [0.25, 0.3) is 0 Å². The lowest BCUT2D eigenvalue weighted by Crippen LogP contribution is -2.32. The molecule has 0 fully saturated rings. The Labute approximate surface area is 141 Å². The molecular weight excluding hydrogens is 310 g/mol. The van der Waals surface area contributed by atoms with E-state index in [4.69, 9.17) is 16.9 Å². The van der Waals surface area contributed by atoms with Crippen molar-refractivity contribution in [2.45, 2.75) is 26.3 Å². The summed E-state index contributed by atoms with van der Waals surface area (Å²) in [5, 5.41) is 15.3. The molecule has 1 unspecified atom stereocenters. The van der Waals surface area contributed by atoms with Gasteiger partial charge in [-0.05, 0) is 49.2 Å². The summed E-state index contributed by atoms with van der Waals surface area (Å²) in [6, 6.07) is 14.6. The van der Waals surface area contributed by atoms with Crippen LogP contribution >= 0.6 is 11.6 Å². The molecule has 0 bridgehead atoms. The van der Waals surface area contributed by atoms with Gasteiger partial charge in [0.25, 0.3) is 0 Å². The average molecular weight is 328 g/mol. The van der Waals surface area contributed by atoms with Crippen molar-refractivity contribution in [3.05, 3.63) is 58.6 Å². The average Bonchev–Trinajstić information content (AvgIpc) is 2.53. The van der Waals surface area contributed by atoms with Crippen LogP contribution in [0.3, 0.4) is 0 Å².